The Balaban J connectivity index is 1.39. The lowest BCUT2D eigenvalue weighted by molar-refractivity contribution is -0.121. The fourth-order valence-corrected chi connectivity index (χ4v) is 2.43. The number of carbonyl (C=O) groups excluding carboxylic acids is 1. The first-order valence-electron chi connectivity index (χ1n) is 8.55. The van der Waals surface area contributed by atoms with Gasteiger partial charge in [0.1, 0.15) is 5.75 Å². The highest BCUT2D eigenvalue weighted by Crippen LogP contribution is 2.16. The topological polar surface area (TPSA) is 77.2 Å². The second-order valence-corrected chi connectivity index (χ2v) is 5.92. The van der Waals surface area contributed by atoms with Crippen LogP contribution in [-0.4, -0.2) is 22.7 Å². The van der Waals surface area contributed by atoms with Crippen molar-refractivity contribution in [1.82, 2.24) is 15.5 Å². The number of benzene rings is 2. The minimum absolute atomic E-state index is 0.0723. The summed E-state index contributed by atoms with van der Waals surface area (Å²) in [6, 6.07) is 17.4. The van der Waals surface area contributed by atoms with Crippen molar-refractivity contribution in [2.24, 2.45) is 0 Å². The second kappa shape index (κ2) is 8.80. The molecule has 0 aliphatic carbocycles. The minimum atomic E-state index is -0.0723. The Morgan fingerprint density at radius 3 is 2.81 bits per heavy atom. The van der Waals surface area contributed by atoms with Crippen LogP contribution in [0.15, 0.2) is 59.1 Å². The number of amides is 1. The number of hydrogen-bond donors (Lipinski definition) is 1. The van der Waals surface area contributed by atoms with Crippen LogP contribution in [0, 0.1) is 6.92 Å². The van der Waals surface area contributed by atoms with Crippen LogP contribution >= 0.6 is 0 Å². The molecule has 1 amide bonds. The normalized spacial score (nSPS) is 10.5. The Morgan fingerprint density at radius 2 is 2.00 bits per heavy atom. The average Bonchev–Trinajstić information content (AvgIpc) is 3.14. The van der Waals surface area contributed by atoms with Gasteiger partial charge in [0.2, 0.25) is 17.6 Å². The van der Waals surface area contributed by atoms with E-state index in [1.807, 2.05) is 61.5 Å². The summed E-state index contributed by atoms with van der Waals surface area (Å²) in [5, 5.41) is 6.74. The summed E-state index contributed by atoms with van der Waals surface area (Å²) in [6.07, 6.45) is 1.02. The standard InChI is InChI=1S/C20H21N3O3/c1-15-7-5-8-16(13-15)20-22-19(26-23-20)14-21-18(24)11-6-12-25-17-9-3-2-4-10-17/h2-5,7-10,13H,6,11-12,14H2,1H3,(H,21,24). The molecule has 3 rings (SSSR count). The molecule has 6 nitrogen and oxygen atoms in total. The third-order valence-corrected chi connectivity index (χ3v) is 3.74. The lowest BCUT2D eigenvalue weighted by Gasteiger charge is -2.05. The zero-order valence-corrected chi connectivity index (χ0v) is 14.6. The van der Waals surface area contributed by atoms with Crippen molar-refractivity contribution < 1.29 is 14.1 Å². The van der Waals surface area contributed by atoms with Crippen molar-refractivity contribution in [3.8, 4) is 17.1 Å². The highest BCUT2D eigenvalue weighted by Gasteiger charge is 2.10. The van der Waals surface area contributed by atoms with Crippen molar-refractivity contribution in [1.29, 1.82) is 0 Å². The van der Waals surface area contributed by atoms with Crippen LogP contribution in [0.1, 0.15) is 24.3 Å². The van der Waals surface area contributed by atoms with Gasteiger partial charge in [0, 0.05) is 12.0 Å². The monoisotopic (exact) mass is 351 g/mol. The molecule has 0 aliphatic heterocycles. The van der Waals surface area contributed by atoms with Gasteiger partial charge in [-0.25, -0.2) is 0 Å². The molecule has 0 aliphatic rings. The van der Waals surface area contributed by atoms with Gasteiger partial charge >= 0.3 is 0 Å². The Kier molecular flexibility index (Phi) is 5.98. The molecule has 3 aromatic rings. The lowest BCUT2D eigenvalue weighted by atomic mass is 10.1. The van der Waals surface area contributed by atoms with E-state index in [0.29, 0.717) is 31.2 Å². The maximum absolute atomic E-state index is 11.9. The molecule has 0 saturated carbocycles. The number of hydrogen-bond acceptors (Lipinski definition) is 5. The predicted molar refractivity (Wildman–Crippen MR) is 97.5 cm³/mol. The van der Waals surface area contributed by atoms with E-state index in [4.69, 9.17) is 9.26 Å². The summed E-state index contributed by atoms with van der Waals surface area (Å²) in [5.74, 6) is 1.64. The first-order valence-corrected chi connectivity index (χ1v) is 8.55. The van der Waals surface area contributed by atoms with Gasteiger partial charge in [-0.2, -0.15) is 4.98 Å². The van der Waals surface area contributed by atoms with Gasteiger partial charge in [0.15, 0.2) is 0 Å². The van der Waals surface area contributed by atoms with Crippen molar-refractivity contribution >= 4 is 5.91 Å². The summed E-state index contributed by atoms with van der Waals surface area (Å²) in [6.45, 7) is 2.72. The number of para-hydroxylation sites is 1. The van der Waals surface area contributed by atoms with Crippen molar-refractivity contribution in [2.75, 3.05) is 6.61 Å². The third-order valence-electron chi connectivity index (χ3n) is 3.74. The van der Waals surface area contributed by atoms with Crippen molar-refractivity contribution in [2.45, 2.75) is 26.3 Å². The molecule has 0 saturated heterocycles. The van der Waals surface area contributed by atoms with Crippen LogP contribution in [0.2, 0.25) is 0 Å². The Morgan fingerprint density at radius 1 is 1.15 bits per heavy atom. The van der Waals surface area contributed by atoms with Crippen molar-refractivity contribution in [3.05, 3.63) is 66.1 Å². The maximum atomic E-state index is 11.9. The van der Waals surface area contributed by atoms with E-state index in [0.717, 1.165) is 16.9 Å². The molecule has 134 valence electrons. The molecule has 0 radical (unpaired) electrons. The molecule has 0 atom stereocenters. The number of ether oxygens (including phenoxy) is 1. The summed E-state index contributed by atoms with van der Waals surface area (Å²) >= 11 is 0. The molecule has 1 aromatic heterocycles. The van der Waals surface area contributed by atoms with Crippen LogP contribution in [0.4, 0.5) is 0 Å². The number of rotatable bonds is 8. The van der Waals surface area contributed by atoms with Gasteiger partial charge < -0.3 is 14.6 Å². The van der Waals surface area contributed by atoms with E-state index in [2.05, 4.69) is 15.5 Å². The fourth-order valence-electron chi connectivity index (χ4n) is 2.43. The van der Waals surface area contributed by atoms with Crippen LogP contribution in [0.5, 0.6) is 5.75 Å². The van der Waals surface area contributed by atoms with E-state index in [1.165, 1.54) is 0 Å². The van der Waals surface area contributed by atoms with Gasteiger partial charge in [-0.15, -0.1) is 0 Å². The molecule has 0 unspecified atom stereocenters. The van der Waals surface area contributed by atoms with Gasteiger partial charge in [-0.3, -0.25) is 4.79 Å². The van der Waals surface area contributed by atoms with Crippen molar-refractivity contribution in [3.63, 3.8) is 0 Å². The van der Waals surface area contributed by atoms with E-state index in [1.54, 1.807) is 0 Å². The molecule has 26 heavy (non-hydrogen) atoms. The van der Waals surface area contributed by atoms with Gasteiger partial charge in [-0.1, -0.05) is 47.1 Å². The van der Waals surface area contributed by atoms with Crippen LogP contribution in [0.25, 0.3) is 11.4 Å². The molecule has 1 heterocycles. The van der Waals surface area contributed by atoms with E-state index in [9.17, 15) is 4.79 Å². The van der Waals surface area contributed by atoms with Crippen LogP contribution in [0.3, 0.4) is 0 Å². The zero-order valence-electron chi connectivity index (χ0n) is 14.6. The molecule has 6 heteroatoms. The first kappa shape index (κ1) is 17.7. The molecule has 0 bridgehead atoms. The number of aromatic nitrogens is 2. The van der Waals surface area contributed by atoms with Crippen LogP contribution < -0.4 is 10.1 Å². The van der Waals surface area contributed by atoms with E-state index < -0.39 is 0 Å². The highest BCUT2D eigenvalue weighted by atomic mass is 16.5. The molecular formula is C20H21N3O3. The number of carbonyl (C=O) groups is 1. The largest absolute Gasteiger partial charge is 0.494 e. The Hall–Kier alpha value is -3.15. The van der Waals surface area contributed by atoms with E-state index in [-0.39, 0.29) is 12.5 Å². The summed E-state index contributed by atoms with van der Waals surface area (Å²) in [7, 11) is 0. The molecule has 0 spiro atoms. The first-order chi connectivity index (χ1) is 12.7. The number of aryl methyl sites for hydroxylation is 1. The van der Waals surface area contributed by atoms with Gasteiger partial charge in [0.25, 0.3) is 0 Å². The molecular weight excluding hydrogens is 330 g/mol. The average molecular weight is 351 g/mol. The Bertz CT molecular complexity index is 846. The summed E-state index contributed by atoms with van der Waals surface area (Å²) in [4.78, 5) is 16.2. The van der Waals surface area contributed by atoms with Gasteiger partial charge in [-0.05, 0) is 31.5 Å². The second-order valence-electron chi connectivity index (χ2n) is 5.92. The molecule has 1 N–H and O–H groups in total. The minimum Gasteiger partial charge on any atom is -0.494 e. The quantitative estimate of drug-likeness (QED) is 0.628. The fraction of sp³-hybridized carbons (Fsp3) is 0.250. The SMILES string of the molecule is Cc1cccc(-c2noc(CNC(=O)CCCOc3ccccc3)n2)c1. The third kappa shape index (κ3) is 5.17. The van der Waals surface area contributed by atoms with Crippen LogP contribution in [-0.2, 0) is 11.3 Å². The molecule has 0 fully saturated rings. The lowest BCUT2D eigenvalue weighted by Crippen LogP contribution is -2.23. The zero-order chi connectivity index (χ0) is 18.2. The summed E-state index contributed by atoms with van der Waals surface area (Å²) in [5.41, 5.74) is 2.02. The van der Waals surface area contributed by atoms with E-state index >= 15 is 0 Å². The summed E-state index contributed by atoms with van der Waals surface area (Å²) < 4.78 is 10.8. The number of nitrogens with one attached hydrogen (secondary N) is 1. The smallest absolute Gasteiger partial charge is 0.246 e. The maximum Gasteiger partial charge on any atom is 0.246 e. The number of nitrogens with zero attached hydrogens (tertiary/aromatic N) is 2. The predicted octanol–water partition coefficient (Wildman–Crippen LogP) is 3.52. The molecule has 2 aromatic carbocycles. The Labute approximate surface area is 152 Å². The highest BCUT2D eigenvalue weighted by molar-refractivity contribution is 5.75. The van der Waals surface area contributed by atoms with Gasteiger partial charge in [0.05, 0.1) is 13.2 Å².